The van der Waals surface area contributed by atoms with E-state index in [0.717, 1.165) is 11.4 Å². The summed E-state index contributed by atoms with van der Waals surface area (Å²) >= 11 is 0. The largest absolute Gasteiger partial charge is 0.300 e. The lowest BCUT2D eigenvalue weighted by molar-refractivity contribution is 0.148. The smallest absolute Gasteiger partial charge is 0.109 e. The standard InChI is InChI=1S/C7H9N3O/c1-11-10-7-5-3-2-4-6(7)8-9-10/h2-5,8-9H,1H3. The van der Waals surface area contributed by atoms with Crippen LogP contribution in [-0.2, 0) is 4.84 Å². The zero-order chi connectivity index (χ0) is 7.68. The summed E-state index contributed by atoms with van der Waals surface area (Å²) in [5.41, 5.74) is 7.80. The Morgan fingerprint density at radius 1 is 1.36 bits per heavy atom. The molecule has 0 bridgehead atoms. The molecule has 0 atom stereocenters. The fourth-order valence-electron chi connectivity index (χ4n) is 1.07. The van der Waals surface area contributed by atoms with E-state index in [4.69, 9.17) is 4.84 Å². The van der Waals surface area contributed by atoms with Crippen LogP contribution < -0.4 is 16.1 Å². The van der Waals surface area contributed by atoms with Gasteiger partial charge in [-0.3, -0.25) is 10.3 Å². The van der Waals surface area contributed by atoms with Crippen molar-refractivity contribution >= 4 is 11.4 Å². The number of nitrogens with zero attached hydrogens (tertiary/aromatic N) is 1. The third-order valence-electron chi connectivity index (χ3n) is 1.60. The number of anilines is 2. The van der Waals surface area contributed by atoms with Gasteiger partial charge in [-0.15, -0.1) is 5.53 Å². The van der Waals surface area contributed by atoms with Crippen molar-refractivity contribution in [2.45, 2.75) is 0 Å². The van der Waals surface area contributed by atoms with Crippen LogP contribution >= 0.6 is 0 Å². The summed E-state index contributed by atoms with van der Waals surface area (Å²) in [4.78, 5) is 5.00. The first-order valence-electron chi connectivity index (χ1n) is 3.37. The number of fused-ring (bicyclic) bond motifs is 1. The molecule has 1 aliphatic heterocycles. The normalized spacial score (nSPS) is 14.5. The van der Waals surface area contributed by atoms with Crippen LogP contribution in [0.4, 0.5) is 11.4 Å². The Kier molecular flexibility index (Phi) is 1.41. The molecular weight excluding hydrogens is 142 g/mol. The van der Waals surface area contributed by atoms with Crippen molar-refractivity contribution < 1.29 is 4.84 Å². The van der Waals surface area contributed by atoms with Crippen molar-refractivity contribution in [2.75, 3.05) is 17.7 Å². The summed E-state index contributed by atoms with van der Waals surface area (Å²) in [6, 6.07) is 7.86. The molecule has 4 nitrogen and oxygen atoms in total. The maximum Gasteiger partial charge on any atom is 0.109 e. The molecular formula is C7H9N3O. The van der Waals surface area contributed by atoms with Crippen LogP contribution in [0.25, 0.3) is 0 Å². The predicted molar refractivity (Wildman–Crippen MR) is 42.7 cm³/mol. The van der Waals surface area contributed by atoms with Gasteiger partial charge in [0, 0.05) is 0 Å². The Hall–Kier alpha value is -1.26. The zero-order valence-electron chi connectivity index (χ0n) is 6.16. The Morgan fingerprint density at radius 3 is 3.00 bits per heavy atom. The molecule has 2 rings (SSSR count). The highest BCUT2D eigenvalue weighted by atomic mass is 16.7. The number of hydrazine groups is 2. The van der Waals surface area contributed by atoms with E-state index in [0.29, 0.717) is 0 Å². The molecule has 1 aliphatic rings. The molecule has 58 valence electrons. The van der Waals surface area contributed by atoms with Crippen LogP contribution in [0.5, 0.6) is 0 Å². The van der Waals surface area contributed by atoms with Crippen molar-refractivity contribution in [1.82, 2.24) is 5.53 Å². The van der Waals surface area contributed by atoms with Crippen molar-refractivity contribution in [1.29, 1.82) is 0 Å². The Balaban J connectivity index is 2.39. The second kappa shape index (κ2) is 2.41. The van der Waals surface area contributed by atoms with Gasteiger partial charge in [0.05, 0.1) is 12.8 Å². The minimum Gasteiger partial charge on any atom is -0.300 e. The Labute approximate surface area is 64.7 Å². The third-order valence-corrected chi connectivity index (χ3v) is 1.60. The van der Waals surface area contributed by atoms with E-state index >= 15 is 0 Å². The van der Waals surface area contributed by atoms with Gasteiger partial charge in [-0.05, 0) is 12.1 Å². The molecule has 0 spiro atoms. The Bertz CT molecular complexity index is 264. The van der Waals surface area contributed by atoms with Gasteiger partial charge >= 0.3 is 0 Å². The molecule has 0 aliphatic carbocycles. The number of para-hydroxylation sites is 2. The maximum atomic E-state index is 5.00. The lowest BCUT2D eigenvalue weighted by Crippen LogP contribution is -2.34. The molecule has 11 heavy (non-hydrogen) atoms. The van der Waals surface area contributed by atoms with Gasteiger partial charge in [-0.1, -0.05) is 12.1 Å². The highest BCUT2D eigenvalue weighted by molar-refractivity contribution is 5.71. The lowest BCUT2D eigenvalue weighted by atomic mass is 10.3. The van der Waals surface area contributed by atoms with Gasteiger partial charge in [-0.25, -0.2) is 0 Å². The van der Waals surface area contributed by atoms with Crippen LogP contribution in [-0.4, -0.2) is 7.11 Å². The number of hydrogen-bond donors (Lipinski definition) is 2. The van der Waals surface area contributed by atoms with E-state index in [-0.39, 0.29) is 0 Å². The maximum absolute atomic E-state index is 5.00. The highest BCUT2D eigenvalue weighted by Crippen LogP contribution is 2.27. The minimum absolute atomic E-state index is 0.995. The number of nitrogens with one attached hydrogen (secondary N) is 2. The monoisotopic (exact) mass is 151 g/mol. The van der Waals surface area contributed by atoms with Gasteiger partial charge in [0.2, 0.25) is 0 Å². The summed E-state index contributed by atoms with van der Waals surface area (Å²) < 4.78 is 0. The van der Waals surface area contributed by atoms with Crippen LogP contribution in [0.1, 0.15) is 0 Å². The van der Waals surface area contributed by atoms with Crippen molar-refractivity contribution in [3.8, 4) is 0 Å². The van der Waals surface area contributed by atoms with Crippen LogP contribution in [0.3, 0.4) is 0 Å². The summed E-state index contributed by atoms with van der Waals surface area (Å²) in [5, 5.41) is 1.56. The average Bonchev–Trinajstić information content (AvgIpc) is 2.47. The second-order valence-electron chi connectivity index (χ2n) is 2.23. The first-order valence-corrected chi connectivity index (χ1v) is 3.37. The van der Waals surface area contributed by atoms with Gasteiger partial charge < -0.3 is 0 Å². The van der Waals surface area contributed by atoms with Crippen molar-refractivity contribution in [3.05, 3.63) is 24.3 Å². The topological polar surface area (TPSA) is 36.5 Å². The first kappa shape index (κ1) is 6.45. The van der Waals surface area contributed by atoms with E-state index in [1.54, 1.807) is 12.3 Å². The minimum atomic E-state index is 0.995. The molecule has 0 fully saturated rings. The predicted octanol–water partition coefficient (Wildman–Crippen LogP) is 0.899. The molecule has 0 saturated heterocycles. The van der Waals surface area contributed by atoms with Crippen LogP contribution in [0.2, 0.25) is 0 Å². The molecule has 0 radical (unpaired) electrons. The lowest BCUT2D eigenvalue weighted by Gasteiger charge is -2.12. The Morgan fingerprint density at radius 2 is 2.18 bits per heavy atom. The summed E-state index contributed by atoms with van der Waals surface area (Å²) in [6.45, 7) is 0. The molecule has 2 N–H and O–H groups in total. The second-order valence-corrected chi connectivity index (χ2v) is 2.23. The molecule has 1 heterocycles. The number of benzene rings is 1. The van der Waals surface area contributed by atoms with Crippen molar-refractivity contribution in [2.24, 2.45) is 0 Å². The third kappa shape index (κ3) is 0.923. The van der Waals surface area contributed by atoms with Crippen molar-refractivity contribution in [3.63, 3.8) is 0 Å². The molecule has 4 heteroatoms. The van der Waals surface area contributed by atoms with Gasteiger partial charge in [0.1, 0.15) is 5.69 Å². The van der Waals surface area contributed by atoms with Gasteiger partial charge in [-0.2, -0.15) is 5.17 Å². The summed E-state index contributed by atoms with van der Waals surface area (Å²) in [6.07, 6.45) is 0. The van der Waals surface area contributed by atoms with Crippen LogP contribution in [0.15, 0.2) is 24.3 Å². The summed E-state index contributed by atoms with van der Waals surface area (Å²) in [5.74, 6) is 0. The average molecular weight is 151 g/mol. The molecule has 0 saturated carbocycles. The molecule has 0 aromatic heterocycles. The quantitative estimate of drug-likeness (QED) is 0.625. The fraction of sp³-hybridized carbons (Fsp3) is 0.143. The van der Waals surface area contributed by atoms with E-state index in [1.165, 1.54) is 0 Å². The van der Waals surface area contributed by atoms with Crippen LogP contribution in [0, 0.1) is 0 Å². The fourth-order valence-corrected chi connectivity index (χ4v) is 1.07. The van der Waals surface area contributed by atoms with E-state index < -0.39 is 0 Å². The SMILES string of the molecule is CON1NNc2ccccc21. The number of rotatable bonds is 1. The van der Waals surface area contributed by atoms with E-state index in [9.17, 15) is 0 Å². The van der Waals surface area contributed by atoms with Gasteiger partial charge in [0.25, 0.3) is 0 Å². The molecule has 0 amide bonds. The highest BCUT2D eigenvalue weighted by Gasteiger charge is 2.16. The van der Waals surface area contributed by atoms with E-state index in [1.807, 2.05) is 24.3 Å². The van der Waals surface area contributed by atoms with E-state index in [2.05, 4.69) is 11.0 Å². The number of hydrogen-bond acceptors (Lipinski definition) is 4. The molecule has 1 aromatic carbocycles. The molecule has 1 aromatic rings. The zero-order valence-corrected chi connectivity index (χ0v) is 6.16. The summed E-state index contributed by atoms with van der Waals surface area (Å²) in [7, 11) is 1.61. The van der Waals surface area contributed by atoms with Gasteiger partial charge in [0.15, 0.2) is 0 Å². The first-order chi connectivity index (χ1) is 5.42. The molecule has 0 unspecified atom stereocenters.